The van der Waals surface area contributed by atoms with Crippen LogP contribution in [0.5, 0.6) is 0 Å². The number of imide groups is 2. The first kappa shape index (κ1) is 36.4. The number of halogens is 1. The van der Waals surface area contributed by atoms with Gasteiger partial charge in [0.05, 0.1) is 28.3 Å². The number of rotatable bonds is 7. The van der Waals surface area contributed by atoms with Crippen molar-refractivity contribution in [2.24, 2.45) is 0 Å². The number of nitrogens with one attached hydrogen (secondary N) is 2. The quantitative estimate of drug-likeness (QED) is 0.342. The zero-order valence-corrected chi connectivity index (χ0v) is 31.2. The molecule has 3 aromatic rings. The SMILES string of the molecule is CN(c1ccc(C#N)c(Cl)c1)C1CCC(NC(=O)c2ccc3c(c2)CCN(C(=O)CN2Cc4cc5c(cc4C2)C(=O)N(C2CCC(=O)NC2=O)C5=O)C3)CC1. The zero-order chi connectivity index (χ0) is 38.5. The molecule has 1 atom stereocenters. The van der Waals surface area contributed by atoms with Crippen molar-refractivity contribution in [2.75, 3.05) is 25.0 Å². The zero-order valence-electron chi connectivity index (χ0n) is 30.4. The molecule has 1 unspecified atom stereocenters. The van der Waals surface area contributed by atoms with E-state index in [4.69, 9.17) is 11.6 Å². The highest BCUT2D eigenvalue weighted by Gasteiger charge is 2.45. The molecule has 282 valence electrons. The average molecular weight is 762 g/mol. The fourth-order valence-electron chi connectivity index (χ4n) is 8.65. The van der Waals surface area contributed by atoms with Crippen LogP contribution < -0.4 is 15.5 Å². The fraction of sp³-hybridized carbons (Fsp3) is 0.390. The molecule has 0 radical (unpaired) electrons. The van der Waals surface area contributed by atoms with E-state index in [1.54, 1.807) is 18.2 Å². The summed E-state index contributed by atoms with van der Waals surface area (Å²) in [6.07, 6.45) is 4.36. The highest BCUT2D eigenvalue weighted by atomic mass is 35.5. The van der Waals surface area contributed by atoms with Crippen LogP contribution in [0.2, 0.25) is 5.02 Å². The van der Waals surface area contributed by atoms with Crippen LogP contribution in [0.4, 0.5) is 5.69 Å². The van der Waals surface area contributed by atoms with Gasteiger partial charge in [-0.15, -0.1) is 0 Å². The maximum atomic E-state index is 13.5. The number of nitrogens with zero attached hydrogens (tertiary/aromatic N) is 5. The summed E-state index contributed by atoms with van der Waals surface area (Å²) in [5.41, 5.74) is 6.32. The smallest absolute Gasteiger partial charge is 0.262 e. The molecule has 4 heterocycles. The van der Waals surface area contributed by atoms with Crippen LogP contribution in [0, 0.1) is 11.3 Å². The van der Waals surface area contributed by atoms with E-state index in [1.165, 1.54) is 0 Å². The third-order valence-corrected chi connectivity index (χ3v) is 12.1. The molecule has 3 aromatic carbocycles. The molecule has 5 aliphatic rings. The van der Waals surface area contributed by atoms with Crippen molar-refractivity contribution in [3.8, 4) is 6.07 Å². The summed E-state index contributed by atoms with van der Waals surface area (Å²) in [4.78, 5) is 84.4. The van der Waals surface area contributed by atoms with Gasteiger partial charge in [0.1, 0.15) is 12.1 Å². The second-order valence-electron chi connectivity index (χ2n) is 15.2. The number of anilines is 1. The Morgan fingerprint density at radius 1 is 0.873 bits per heavy atom. The van der Waals surface area contributed by atoms with E-state index in [9.17, 15) is 34.0 Å². The van der Waals surface area contributed by atoms with Crippen LogP contribution in [0.3, 0.4) is 0 Å². The number of nitriles is 1. The summed E-state index contributed by atoms with van der Waals surface area (Å²) in [6, 6.07) is 16.1. The third kappa shape index (κ3) is 6.96. The Labute approximate surface area is 323 Å². The van der Waals surface area contributed by atoms with Crippen molar-refractivity contribution in [3.63, 3.8) is 0 Å². The fourth-order valence-corrected chi connectivity index (χ4v) is 8.87. The number of hydrogen-bond acceptors (Lipinski definition) is 9. The maximum absolute atomic E-state index is 13.5. The number of fused-ring (bicyclic) bond motifs is 3. The van der Waals surface area contributed by atoms with Crippen LogP contribution in [0.15, 0.2) is 48.5 Å². The largest absolute Gasteiger partial charge is 0.372 e. The number of piperidine rings is 1. The van der Waals surface area contributed by atoms with E-state index < -0.39 is 29.7 Å². The van der Waals surface area contributed by atoms with Gasteiger partial charge in [0.15, 0.2) is 0 Å². The van der Waals surface area contributed by atoms with Crippen molar-refractivity contribution >= 4 is 52.7 Å². The van der Waals surface area contributed by atoms with Crippen molar-refractivity contribution in [2.45, 2.75) is 82.7 Å². The van der Waals surface area contributed by atoms with Crippen LogP contribution in [-0.2, 0) is 40.4 Å². The standard InChI is InChI=1S/C41H40ClN7O6/c1-46(31-7-4-25(18-43)34(42)17-31)30-8-5-29(6-9-30)44-38(52)24-2-3-26-21-48(13-12-23(26)14-24)37(51)22-47-19-27-15-32-33(16-28(27)20-47)41(55)49(40(32)54)35-10-11-36(50)45-39(35)53/h2-4,7,14-17,29-30,35H,5-6,8-13,19-22H2,1H3,(H,44,52)(H,45,50,53). The molecule has 0 aromatic heterocycles. The minimum absolute atomic E-state index is 0.0208. The van der Waals surface area contributed by atoms with Crippen molar-refractivity contribution in [3.05, 3.63) is 98.1 Å². The van der Waals surface area contributed by atoms with Crippen LogP contribution in [0.1, 0.15) is 97.4 Å². The molecule has 14 heteroatoms. The second-order valence-corrected chi connectivity index (χ2v) is 15.6. The van der Waals surface area contributed by atoms with E-state index in [2.05, 4.69) is 21.6 Å². The van der Waals surface area contributed by atoms with E-state index in [0.29, 0.717) is 54.8 Å². The van der Waals surface area contributed by atoms with Gasteiger partial charge < -0.3 is 15.1 Å². The lowest BCUT2D eigenvalue weighted by Gasteiger charge is -2.36. The first-order valence-electron chi connectivity index (χ1n) is 18.7. The molecule has 4 aliphatic heterocycles. The molecular weight excluding hydrogens is 722 g/mol. The lowest BCUT2D eigenvalue weighted by atomic mass is 9.89. The lowest BCUT2D eigenvalue weighted by Crippen LogP contribution is -2.54. The molecule has 8 rings (SSSR count). The molecule has 1 aliphatic carbocycles. The van der Waals surface area contributed by atoms with Gasteiger partial charge in [0, 0.05) is 63.0 Å². The predicted octanol–water partition coefficient (Wildman–Crippen LogP) is 3.69. The van der Waals surface area contributed by atoms with Gasteiger partial charge in [-0.2, -0.15) is 5.26 Å². The third-order valence-electron chi connectivity index (χ3n) is 11.8. The van der Waals surface area contributed by atoms with Gasteiger partial charge in [-0.1, -0.05) is 17.7 Å². The molecule has 6 amide bonds. The minimum Gasteiger partial charge on any atom is -0.372 e. The number of benzene rings is 3. The van der Waals surface area contributed by atoms with Gasteiger partial charge in [-0.05, 0) is 103 Å². The topological polar surface area (TPSA) is 163 Å². The molecule has 2 N–H and O–H groups in total. The normalized spacial score (nSPS) is 22.1. The molecular formula is C41H40ClN7O6. The Morgan fingerprint density at radius 2 is 1.58 bits per heavy atom. The van der Waals surface area contributed by atoms with Crippen LogP contribution in [0.25, 0.3) is 0 Å². The van der Waals surface area contributed by atoms with Gasteiger partial charge >= 0.3 is 0 Å². The van der Waals surface area contributed by atoms with Crippen molar-refractivity contribution in [1.29, 1.82) is 5.26 Å². The van der Waals surface area contributed by atoms with E-state index in [0.717, 1.165) is 58.5 Å². The predicted molar refractivity (Wildman–Crippen MR) is 201 cm³/mol. The molecule has 2 fully saturated rings. The molecule has 55 heavy (non-hydrogen) atoms. The lowest BCUT2D eigenvalue weighted by molar-refractivity contribution is -0.136. The average Bonchev–Trinajstić information content (AvgIpc) is 3.68. The Morgan fingerprint density at radius 3 is 2.24 bits per heavy atom. The first-order chi connectivity index (χ1) is 26.5. The second kappa shape index (κ2) is 14.6. The highest BCUT2D eigenvalue weighted by molar-refractivity contribution is 6.32. The Bertz CT molecular complexity index is 2160. The minimum atomic E-state index is -1.01. The summed E-state index contributed by atoms with van der Waals surface area (Å²) in [7, 11) is 2.04. The van der Waals surface area contributed by atoms with Gasteiger partial charge in [0.2, 0.25) is 17.7 Å². The number of carbonyl (C=O) groups is 6. The Hall–Kier alpha value is -5.58. The molecule has 13 nitrogen and oxygen atoms in total. The Kier molecular flexibility index (Phi) is 9.65. The highest BCUT2D eigenvalue weighted by Crippen LogP contribution is 2.34. The van der Waals surface area contributed by atoms with E-state index in [-0.39, 0.29) is 48.4 Å². The van der Waals surface area contributed by atoms with Gasteiger partial charge in [-0.3, -0.25) is 43.9 Å². The van der Waals surface area contributed by atoms with Gasteiger partial charge in [-0.25, -0.2) is 0 Å². The van der Waals surface area contributed by atoms with Gasteiger partial charge in [0.25, 0.3) is 17.7 Å². The summed E-state index contributed by atoms with van der Waals surface area (Å²) < 4.78 is 0. The summed E-state index contributed by atoms with van der Waals surface area (Å²) in [6.45, 7) is 2.06. The summed E-state index contributed by atoms with van der Waals surface area (Å²) in [5, 5.41) is 15.1. The molecule has 1 saturated carbocycles. The molecule has 0 spiro atoms. The first-order valence-corrected chi connectivity index (χ1v) is 19.1. The molecule has 1 saturated heterocycles. The van der Waals surface area contributed by atoms with Crippen molar-refractivity contribution in [1.82, 2.24) is 25.3 Å². The van der Waals surface area contributed by atoms with Crippen LogP contribution >= 0.6 is 11.6 Å². The maximum Gasteiger partial charge on any atom is 0.262 e. The summed E-state index contributed by atoms with van der Waals surface area (Å²) in [5.74, 6) is -2.26. The monoisotopic (exact) mass is 761 g/mol. The summed E-state index contributed by atoms with van der Waals surface area (Å²) >= 11 is 6.26. The van der Waals surface area contributed by atoms with Crippen molar-refractivity contribution < 1.29 is 28.8 Å². The number of amides is 6. The Balaban J connectivity index is 0.824. The van der Waals surface area contributed by atoms with E-state index in [1.807, 2.05) is 47.2 Å². The molecule has 0 bridgehead atoms. The van der Waals surface area contributed by atoms with Crippen LogP contribution in [-0.4, -0.2) is 88.4 Å². The number of carbonyl (C=O) groups excluding carboxylic acids is 6. The van der Waals surface area contributed by atoms with E-state index >= 15 is 0 Å². The number of hydrogen-bond donors (Lipinski definition) is 2.